The number of nitrogens with one attached hydrogen (secondary N) is 1. The first-order valence-electron chi connectivity index (χ1n) is 10.1. The van der Waals surface area contributed by atoms with Gasteiger partial charge in [-0.1, -0.05) is 29.5 Å². The van der Waals surface area contributed by atoms with Crippen molar-refractivity contribution in [3.05, 3.63) is 44.4 Å². The van der Waals surface area contributed by atoms with Crippen LogP contribution in [-0.2, 0) is 14.4 Å². The maximum atomic E-state index is 13.1. The minimum Gasteiger partial charge on any atom is -0.508 e. The number of carboxylic acids is 1. The number of phenols is 1. The van der Waals surface area contributed by atoms with Crippen molar-refractivity contribution < 1.29 is 24.6 Å². The molecule has 2 aliphatic heterocycles. The minimum atomic E-state index is -1.20. The summed E-state index contributed by atoms with van der Waals surface area (Å²) < 4.78 is 0. The van der Waals surface area contributed by atoms with E-state index >= 15 is 0 Å². The van der Waals surface area contributed by atoms with Crippen LogP contribution in [-0.4, -0.2) is 49.7 Å². The molecule has 2 aliphatic carbocycles. The molecule has 1 aromatic carbocycles. The molecule has 6 rings (SSSR count). The van der Waals surface area contributed by atoms with Gasteiger partial charge in [0.15, 0.2) is 0 Å². The number of hydrogen-bond donors (Lipinski definition) is 3. The highest BCUT2D eigenvalue weighted by Gasteiger charge is 2.69. The topological polar surface area (TPSA) is 128 Å². The SMILES string of the molecule is O=C(O)CN1C(=O)[C@@H]2[C@H]3C[C@@H]([C@@H]4Sc5[nH]c(=O)sc5[C@H](c5ccccc5O)[C@@H]34)[C@H]2C1=O. The largest absolute Gasteiger partial charge is 0.508 e. The van der Waals surface area contributed by atoms with Crippen molar-refractivity contribution in [2.45, 2.75) is 22.6 Å². The highest BCUT2D eigenvalue weighted by atomic mass is 32.2. The number of nitrogens with zero attached hydrogens (tertiary/aromatic N) is 1. The summed E-state index contributed by atoms with van der Waals surface area (Å²) in [6.07, 6.45) is 0.722. The van der Waals surface area contributed by atoms with Crippen LogP contribution in [0.5, 0.6) is 5.75 Å². The number of aromatic hydroxyl groups is 1. The van der Waals surface area contributed by atoms with Gasteiger partial charge in [-0.05, 0) is 30.2 Å². The van der Waals surface area contributed by atoms with Crippen molar-refractivity contribution in [3.63, 3.8) is 0 Å². The van der Waals surface area contributed by atoms with E-state index in [1.165, 1.54) is 0 Å². The smallest absolute Gasteiger partial charge is 0.323 e. The Morgan fingerprint density at radius 3 is 2.55 bits per heavy atom. The van der Waals surface area contributed by atoms with Crippen LogP contribution in [0.15, 0.2) is 34.1 Å². The zero-order valence-corrected chi connectivity index (χ0v) is 17.7. The Morgan fingerprint density at radius 1 is 1.13 bits per heavy atom. The lowest BCUT2D eigenvalue weighted by Gasteiger charge is -2.43. The van der Waals surface area contributed by atoms with E-state index in [4.69, 9.17) is 5.11 Å². The first kappa shape index (κ1) is 19.1. The van der Waals surface area contributed by atoms with Gasteiger partial charge in [-0.25, -0.2) is 0 Å². The maximum absolute atomic E-state index is 13.1. The molecule has 2 aromatic rings. The van der Waals surface area contributed by atoms with Crippen molar-refractivity contribution in [1.29, 1.82) is 0 Å². The fourth-order valence-corrected chi connectivity index (χ4v) is 9.35. The number of aromatic nitrogens is 1. The van der Waals surface area contributed by atoms with E-state index in [-0.39, 0.29) is 45.5 Å². The lowest BCUT2D eigenvalue weighted by molar-refractivity contribution is -0.149. The number of benzene rings is 1. The van der Waals surface area contributed by atoms with Gasteiger partial charge in [0.1, 0.15) is 12.3 Å². The molecule has 0 radical (unpaired) electrons. The Kier molecular flexibility index (Phi) is 3.98. The zero-order chi connectivity index (χ0) is 21.6. The van der Waals surface area contributed by atoms with Crippen molar-refractivity contribution in [1.82, 2.24) is 9.88 Å². The molecule has 2 amide bonds. The van der Waals surface area contributed by atoms with Crippen LogP contribution in [0.2, 0.25) is 0 Å². The number of carboxylic acid groups (broad SMARTS) is 1. The number of amides is 2. The number of carbonyl (C=O) groups is 3. The number of aliphatic carboxylic acids is 1. The van der Waals surface area contributed by atoms with Gasteiger partial charge in [-0.15, -0.1) is 11.8 Å². The number of thioether (sulfide) groups is 1. The Morgan fingerprint density at radius 2 is 1.84 bits per heavy atom. The molecule has 0 spiro atoms. The van der Waals surface area contributed by atoms with Crippen molar-refractivity contribution >= 4 is 40.9 Å². The van der Waals surface area contributed by atoms with Gasteiger partial charge in [0, 0.05) is 21.6 Å². The first-order valence-corrected chi connectivity index (χ1v) is 11.8. The minimum absolute atomic E-state index is 0.00938. The number of H-pyrrole nitrogens is 1. The number of imide groups is 1. The summed E-state index contributed by atoms with van der Waals surface area (Å²) in [4.78, 5) is 54.0. The van der Waals surface area contributed by atoms with E-state index < -0.39 is 30.3 Å². The number of rotatable bonds is 3. The van der Waals surface area contributed by atoms with Crippen LogP contribution < -0.4 is 4.87 Å². The molecule has 7 atom stereocenters. The number of phenolic OH excluding ortho intramolecular Hbond substituents is 1. The van der Waals surface area contributed by atoms with E-state index in [1.54, 1.807) is 23.9 Å². The van der Waals surface area contributed by atoms with Crippen LogP contribution >= 0.6 is 23.1 Å². The first-order chi connectivity index (χ1) is 14.9. The summed E-state index contributed by atoms with van der Waals surface area (Å²) in [5, 5.41) is 20.6. The van der Waals surface area contributed by atoms with Crippen LogP contribution in [0.4, 0.5) is 0 Å². The van der Waals surface area contributed by atoms with E-state index in [2.05, 4.69) is 4.98 Å². The number of likely N-dealkylation sites (tertiary alicyclic amines) is 1. The predicted molar refractivity (Wildman–Crippen MR) is 111 cm³/mol. The van der Waals surface area contributed by atoms with E-state index in [0.29, 0.717) is 0 Å². The second-order valence-electron chi connectivity index (χ2n) is 8.68. The summed E-state index contributed by atoms with van der Waals surface area (Å²) >= 11 is 2.69. The number of para-hydroxylation sites is 1. The number of aromatic amines is 1. The standard InChI is InChI=1S/C21H18N2O6S2/c24-10-4-2-1-3-7(10)12-13-8-5-9(16(13)30-18-17(12)31-21(29)22-18)15-14(8)19(27)23(20(15)28)6-11(25)26/h1-4,8-9,12-16,24H,5-6H2,(H,22,29)(H,25,26)/t8-,9+,12+,13+,14+,15+,16-/m0/s1. The molecule has 8 nitrogen and oxygen atoms in total. The van der Waals surface area contributed by atoms with Crippen molar-refractivity contribution in [2.24, 2.45) is 29.6 Å². The highest BCUT2D eigenvalue weighted by Crippen LogP contribution is 2.68. The Hall–Kier alpha value is -2.59. The second-order valence-corrected chi connectivity index (χ2v) is 10.9. The molecular weight excluding hydrogens is 440 g/mol. The third-order valence-electron chi connectivity index (χ3n) is 7.38. The van der Waals surface area contributed by atoms with E-state index in [1.807, 2.05) is 12.1 Å². The average molecular weight is 459 g/mol. The molecule has 31 heavy (non-hydrogen) atoms. The molecule has 4 aliphatic rings. The molecule has 1 saturated heterocycles. The fraction of sp³-hybridized carbons (Fsp3) is 0.429. The van der Waals surface area contributed by atoms with E-state index in [0.717, 1.165) is 38.1 Å². The van der Waals surface area contributed by atoms with E-state index in [9.17, 15) is 24.3 Å². The summed E-state index contributed by atoms with van der Waals surface area (Å²) in [6.45, 7) is -0.601. The molecule has 2 saturated carbocycles. The number of thiazole rings is 1. The summed E-state index contributed by atoms with van der Waals surface area (Å²) in [7, 11) is 0. The molecule has 160 valence electrons. The maximum Gasteiger partial charge on any atom is 0.323 e. The van der Waals surface area contributed by atoms with Crippen LogP contribution in [0.25, 0.3) is 0 Å². The van der Waals surface area contributed by atoms with Crippen molar-refractivity contribution in [2.75, 3.05) is 6.54 Å². The molecule has 1 aromatic heterocycles. The monoisotopic (exact) mass is 458 g/mol. The lowest BCUT2D eigenvalue weighted by atomic mass is 9.68. The van der Waals surface area contributed by atoms with Crippen LogP contribution in [0.1, 0.15) is 22.8 Å². The fourth-order valence-electron chi connectivity index (χ4n) is 6.47. The Labute approximate surface area is 184 Å². The van der Waals surface area contributed by atoms with Crippen LogP contribution in [0, 0.1) is 29.6 Å². The molecular formula is C21H18N2O6S2. The van der Waals surface area contributed by atoms with Crippen LogP contribution in [0.3, 0.4) is 0 Å². The quantitative estimate of drug-likeness (QED) is 0.597. The molecule has 3 fully saturated rings. The Balaban J connectivity index is 1.47. The number of fused-ring (bicyclic) bond motifs is 9. The summed E-state index contributed by atoms with van der Waals surface area (Å²) in [6, 6.07) is 7.06. The lowest BCUT2D eigenvalue weighted by Crippen LogP contribution is -2.42. The Bertz CT molecular complexity index is 1200. The third kappa shape index (κ3) is 2.48. The molecule has 2 bridgehead atoms. The van der Waals surface area contributed by atoms with Gasteiger partial charge in [0.05, 0.1) is 16.9 Å². The van der Waals surface area contributed by atoms with Crippen molar-refractivity contribution in [3.8, 4) is 5.75 Å². The van der Waals surface area contributed by atoms with Gasteiger partial charge in [-0.2, -0.15) is 0 Å². The molecule has 3 N–H and O–H groups in total. The molecule has 3 heterocycles. The van der Waals surface area contributed by atoms with Gasteiger partial charge >= 0.3 is 10.8 Å². The second kappa shape index (κ2) is 6.46. The number of hydrogen-bond acceptors (Lipinski definition) is 7. The van der Waals surface area contributed by atoms with Gasteiger partial charge < -0.3 is 15.2 Å². The summed E-state index contributed by atoms with van der Waals surface area (Å²) in [5.41, 5.74) is 0.720. The number of carbonyl (C=O) groups excluding carboxylic acids is 2. The van der Waals surface area contributed by atoms with Gasteiger partial charge in [-0.3, -0.25) is 24.1 Å². The van der Waals surface area contributed by atoms with Gasteiger partial charge in [0.25, 0.3) is 0 Å². The van der Waals surface area contributed by atoms with Gasteiger partial charge in [0.2, 0.25) is 11.8 Å². The third-order valence-corrected chi connectivity index (χ3v) is 9.97. The normalized spacial score (nSPS) is 35.2. The molecule has 0 unspecified atom stereocenters. The predicted octanol–water partition coefficient (Wildman–Crippen LogP) is 1.70. The highest BCUT2D eigenvalue weighted by molar-refractivity contribution is 8.00. The summed E-state index contributed by atoms with van der Waals surface area (Å²) in [5.74, 6) is -3.29. The average Bonchev–Trinajstić information content (AvgIpc) is 3.44. The zero-order valence-electron chi connectivity index (χ0n) is 16.1. The molecule has 10 heteroatoms.